The fourth-order valence-corrected chi connectivity index (χ4v) is 3.77. The predicted octanol–water partition coefficient (Wildman–Crippen LogP) is 1.48. The van der Waals surface area contributed by atoms with Gasteiger partial charge in [0.25, 0.3) is 11.6 Å². The molecule has 124 valence electrons. The lowest BCUT2D eigenvalue weighted by atomic mass is 10.2. The van der Waals surface area contributed by atoms with Gasteiger partial charge < -0.3 is 10.2 Å². The standard InChI is InChI=1S/C15H19BrN4O3/c16-14-9-11(20(22)23)1-2-13(14)15(21)19-6-3-12(10-19)18-7-4-17-5-8-18/h1-2,9,12,17H,3-8,10H2. The molecule has 0 aromatic heterocycles. The number of halogens is 1. The Labute approximate surface area is 142 Å². The number of hydrogen-bond donors (Lipinski definition) is 1. The fraction of sp³-hybridized carbons (Fsp3) is 0.533. The van der Waals surface area contributed by atoms with Gasteiger partial charge in [0.1, 0.15) is 0 Å². The SMILES string of the molecule is O=C(c1ccc([N+](=O)[O-])cc1Br)N1CCC(N2CCNCC2)C1. The average Bonchev–Trinajstić information content (AvgIpc) is 3.05. The number of likely N-dealkylation sites (tertiary alicyclic amines) is 1. The van der Waals surface area contributed by atoms with Gasteiger partial charge in [-0.15, -0.1) is 0 Å². The number of benzene rings is 1. The van der Waals surface area contributed by atoms with Crippen LogP contribution in [0.15, 0.2) is 22.7 Å². The van der Waals surface area contributed by atoms with E-state index in [0.717, 1.165) is 45.7 Å². The average molecular weight is 383 g/mol. The zero-order valence-corrected chi connectivity index (χ0v) is 14.3. The highest BCUT2D eigenvalue weighted by Gasteiger charge is 2.32. The van der Waals surface area contributed by atoms with Crippen molar-refractivity contribution in [1.29, 1.82) is 0 Å². The van der Waals surface area contributed by atoms with E-state index in [1.165, 1.54) is 18.2 Å². The van der Waals surface area contributed by atoms with Gasteiger partial charge in [-0.2, -0.15) is 0 Å². The first-order valence-electron chi connectivity index (χ1n) is 7.74. The van der Waals surface area contributed by atoms with E-state index in [1.807, 2.05) is 4.90 Å². The second-order valence-electron chi connectivity index (χ2n) is 5.90. The monoisotopic (exact) mass is 382 g/mol. The van der Waals surface area contributed by atoms with E-state index in [-0.39, 0.29) is 11.6 Å². The number of nitro benzene ring substituents is 1. The molecule has 2 heterocycles. The number of non-ortho nitro benzene ring substituents is 1. The summed E-state index contributed by atoms with van der Waals surface area (Å²) in [5.74, 6) is -0.0654. The van der Waals surface area contributed by atoms with Crippen LogP contribution in [0, 0.1) is 10.1 Å². The van der Waals surface area contributed by atoms with Crippen LogP contribution in [0.1, 0.15) is 16.8 Å². The van der Waals surface area contributed by atoms with Crippen LogP contribution < -0.4 is 5.32 Å². The zero-order valence-electron chi connectivity index (χ0n) is 12.7. The molecule has 0 aliphatic carbocycles. The molecule has 0 bridgehead atoms. The van der Waals surface area contributed by atoms with Crippen LogP contribution in [0.5, 0.6) is 0 Å². The van der Waals surface area contributed by atoms with E-state index in [0.29, 0.717) is 16.1 Å². The van der Waals surface area contributed by atoms with Crippen LogP contribution >= 0.6 is 15.9 Å². The molecular formula is C15H19BrN4O3. The first-order valence-corrected chi connectivity index (χ1v) is 8.53. The number of amides is 1. The maximum Gasteiger partial charge on any atom is 0.270 e. The van der Waals surface area contributed by atoms with Crippen molar-refractivity contribution >= 4 is 27.5 Å². The number of rotatable bonds is 3. The maximum absolute atomic E-state index is 12.7. The molecular weight excluding hydrogens is 364 g/mol. The van der Waals surface area contributed by atoms with Gasteiger partial charge in [0, 0.05) is 61.9 Å². The fourth-order valence-electron chi connectivity index (χ4n) is 3.23. The second kappa shape index (κ2) is 6.94. The molecule has 1 aromatic rings. The molecule has 2 fully saturated rings. The number of carbonyl (C=O) groups excluding carboxylic acids is 1. The predicted molar refractivity (Wildman–Crippen MR) is 89.5 cm³/mol. The van der Waals surface area contributed by atoms with Crippen molar-refractivity contribution in [3.05, 3.63) is 38.3 Å². The molecule has 1 N–H and O–H groups in total. The highest BCUT2D eigenvalue weighted by molar-refractivity contribution is 9.10. The van der Waals surface area contributed by atoms with Gasteiger partial charge in [-0.25, -0.2) is 0 Å². The summed E-state index contributed by atoms with van der Waals surface area (Å²) >= 11 is 3.28. The Hall–Kier alpha value is -1.51. The zero-order chi connectivity index (χ0) is 16.4. The van der Waals surface area contributed by atoms with E-state index in [9.17, 15) is 14.9 Å². The van der Waals surface area contributed by atoms with Crippen molar-refractivity contribution in [2.75, 3.05) is 39.3 Å². The largest absolute Gasteiger partial charge is 0.337 e. The molecule has 7 nitrogen and oxygen atoms in total. The summed E-state index contributed by atoms with van der Waals surface area (Å²) in [7, 11) is 0. The van der Waals surface area contributed by atoms with Gasteiger partial charge in [0.2, 0.25) is 0 Å². The molecule has 1 atom stereocenters. The van der Waals surface area contributed by atoms with Crippen molar-refractivity contribution in [3.8, 4) is 0 Å². The van der Waals surface area contributed by atoms with Gasteiger partial charge in [0.15, 0.2) is 0 Å². The van der Waals surface area contributed by atoms with E-state index >= 15 is 0 Å². The van der Waals surface area contributed by atoms with Crippen LogP contribution in [0.3, 0.4) is 0 Å². The first kappa shape index (κ1) is 16.4. The number of nitrogens with zero attached hydrogens (tertiary/aromatic N) is 3. The molecule has 23 heavy (non-hydrogen) atoms. The summed E-state index contributed by atoms with van der Waals surface area (Å²) in [5, 5.41) is 14.1. The van der Waals surface area contributed by atoms with Gasteiger partial charge in [-0.05, 0) is 28.4 Å². The molecule has 1 aromatic carbocycles. The van der Waals surface area contributed by atoms with Crippen LogP contribution in [0.2, 0.25) is 0 Å². The molecule has 2 saturated heterocycles. The Bertz CT molecular complexity index is 619. The van der Waals surface area contributed by atoms with Gasteiger partial charge in [0.05, 0.1) is 10.5 Å². The van der Waals surface area contributed by atoms with Gasteiger partial charge >= 0.3 is 0 Å². The van der Waals surface area contributed by atoms with E-state index in [1.54, 1.807) is 0 Å². The smallest absolute Gasteiger partial charge is 0.270 e. The second-order valence-corrected chi connectivity index (χ2v) is 6.76. The van der Waals surface area contributed by atoms with Crippen molar-refractivity contribution in [2.45, 2.75) is 12.5 Å². The maximum atomic E-state index is 12.7. The minimum absolute atomic E-state index is 0.0199. The molecule has 3 rings (SSSR count). The summed E-state index contributed by atoms with van der Waals surface area (Å²) in [6.45, 7) is 5.50. The van der Waals surface area contributed by atoms with Gasteiger partial charge in [-0.1, -0.05) is 0 Å². The third-order valence-corrected chi connectivity index (χ3v) is 5.17. The molecule has 2 aliphatic rings. The third-order valence-electron chi connectivity index (χ3n) is 4.51. The molecule has 0 radical (unpaired) electrons. The molecule has 1 unspecified atom stereocenters. The number of nitro groups is 1. The Balaban J connectivity index is 1.68. The summed E-state index contributed by atoms with van der Waals surface area (Å²) < 4.78 is 0.474. The number of carbonyl (C=O) groups is 1. The van der Waals surface area contributed by atoms with Gasteiger partial charge in [-0.3, -0.25) is 19.8 Å². The highest BCUT2D eigenvalue weighted by atomic mass is 79.9. The van der Waals surface area contributed by atoms with Crippen molar-refractivity contribution in [3.63, 3.8) is 0 Å². The minimum atomic E-state index is -0.463. The molecule has 1 amide bonds. The lowest BCUT2D eigenvalue weighted by Crippen LogP contribution is -2.49. The summed E-state index contributed by atoms with van der Waals surface area (Å²) in [6, 6.07) is 4.71. The van der Waals surface area contributed by atoms with E-state index in [2.05, 4.69) is 26.1 Å². The normalized spacial score (nSPS) is 22.3. The molecule has 0 spiro atoms. The van der Waals surface area contributed by atoms with Crippen molar-refractivity contribution in [1.82, 2.24) is 15.1 Å². The highest BCUT2D eigenvalue weighted by Crippen LogP contribution is 2.26. The topological polar surface area (TPSA) is 78.7 Å². The molecule has 0 saturated carbocycles. The lowest BCUT2D eigenvalue weighted by Gasteiger charge is -2.32. The Morgan fingerprint density at radius 3 is 2.70 bits per heavy atom. The first-order chi connectivity index (χ1) is 11.1. The number of hydrogen-bond acceptors (Lipinski definition) is 5. The van der Waals surface area contributed by atoms with E-state index < -0.39 is 4.92 Å². The van der Waals surface area contributed by atoms with Crippen molar-refractivity contribution < 1.29 is 9.72 Å². The quantitative estimate of drug-likeness (QED) is 0.632. The Kier molecular flexibility index (Phi) is 4.93. The number of nitrogens with one attached hydrogen (secondary N) is 1. The Morgan fingerprint density at radius 1 is 1.30 bits per heavy atom. The van der Waals surface area contributed by atoms with Crippen LogP contribution in [0.4, 0.5) is 5.69 Å². The van der Waals surface area contributed by atoms with E-state index in [4.69, 9.17) is 0 Å². The Morgan fingerprint density at radius 2 is 2.04 bits per heavy atom. The minimum Gasteiger partial charge on any atom is -0.337 e. The summed E-state index contributed by atoms with van der Waals surface area (Å²) in [4.78, 5) is 27.3. The lowest BCUT2D eigenvalue weighted by molar-refractivity contribution is -0.384. The van der Waals surface area contributed by atoms with Crippen LogP contribution in [0.25, 0.3) is 0 Å². The third kappa shape index (κ3) is 3.54. The number of piperazine rings is 1. The summed E-state index contributed by atoms with van der Waals surface area (Å²) in [6.07, 6.45) is 0.982. The van der Waals surface area contributed by atoms with Crippen molar-refractivity contribution in [2.24, 2.45) is 0 Å². The van der Waals surface area contributed by atoms with Crippen LogP contribution in [-0.2, 0) is 0 Å². The summed E-state index contributed by atoms with van der Waals surface area (Å²) in [5.41, 5.74) is 0.463. The van der Waals surface area contributed by atoms with Crippen LogP contribution in [-0.4, -0.2) is 65.9 Å². The molecule has 8 heteroatoms. The molecule has 2 aliphatic heterocycles.